The molecule has 0 fully saturated rings. The van der Waals surface area contributed by atoms with Gasteiger partial charge in [0.15, 0.2) is 5.96 Å². The molecule has 0 aliphatic heterocycles. The first-order valence-electron chi connectivity index (χ1n) is 8.25. The van der Waals surface area contributed by atoms with Crippen LogP contribution in [0, 0.1) is 0 Å². The molecule has 28 heavy (non-hydrogen) atoms. The number of alkyl halides is 3. The Morgan fingerprint density at radius 3 is 2.14 bits per heavy atom. The fraction of sp³-hybridized carbons (Fsp3) is 0.263. The van der Waals surface area contributed by atoms with Crippen LogP contribution in [0.1, 0.15) is 23.6 Å². The number of hydrogen-bond donors (Lipinski definition) is 3. The smallest absolute Gasteiger partial charge is 0.352 e. The third-order valence-electron chi connectivity index (χ3n) is 3.67. The number of hydrogen-bond acceptors (Lipinski definition) is 2. The van der Waals surface area contributed by atoms with Crippen molar-refractivity contribution >= 4 is 41.5 Å². The lowest BCUT2D eigenvalue weighted by atomic mass is 10.1. The van der Waals surface area contributed by atoms with E-state index in [1.807, 2.05) is 18.2 Å². The van der Waals surface area contributed by atoms with Crippen molar-refractivity contribution in [3.05, 3.63) is 65.2 Å². The summed E-state index contributed by atoms with van der Waals surface area (Å²) in [6.45, 7) is 2.25. The molecule has 0 saturated heterocycles. The molecule has 0 bridgehead atoms. The third kappa shape index (κ3) is 7.75. The molecule has 0 aliphatic rings. The van der Waals surface area contributed by atoms with Crippen molar-refractivity contribution in [2.45, 2.75) is 26.2 Å². The van der Waals surface area contributed by atoms with Crippen LogP contribution in [0.25, 0.3) is 0 Å². The molecule has 0 unspecified atom stereocenters. The summed E-state index contributed by atoms with van der Waals surface area (Å²) in [5, 5.41) is 8.88. The number of carbonyl (C=O) groups is 1. The zero-order valence-corrected chi connectivity index (χ0v) is 17.8. The van der Waals surface area contributed by atoms with Crippen molar-refractivity contribution in [1.82, 2.24) is 10.6 Å². The van der Waals surface area contributed by atoms with Crippen LogP contribution in [0.2, 0.25) is 0 Å². The van der Waals surface area contributed by atoms with E-state index in [0.717, 1.165) is 17.7 Å². The molecule has 0 saturated carbocycles. The van der Waals surface area contributed by atoms with Crippen LogP contribution in [-0.4, -0.2) is 18.9 Å². The zero-order valence-electron chi connectivity index (χ0n) is 15.4. The number of nitrogens with one attached hydrogen (secondary N) is 3. The number of aliphatic imine (C=N–C) groups is 1. The highest BCUT2D eigenvalue weighted by molar-refractivity contribution is 14.0. The van der Waals surface area contributed by atoms with Gasteiger partial charge in [0, 0.05) is 32.7 Å². The van der Waals surface area contributed by atoms with E-state index in [4.69, 9.17) is 0 Å². The van der Waals surface area contributed by atoms with E-state index >= 15 is 0 Å². The maximum atomic E-state index is 12.6. The van der Waals surface area contributed by atoms with Crippen LogP contribution < -0.4 is 16.0 Å². The molecule has 2 aromatic carbocycles. The first-order chi connectivity index (χ1) is 12.8. The largest absolute Gasteiger partial charge is 0.416 e. The summed E-state index contributed by atoms with van der Waals surface area (Å²) < 4.78 is 37.7. The average Bonchev–Trinajstić information content (AvgIpc) is 2.61. The van der Waals surface area contributed by atoms with Gasteiger partial charge in [-0.1, -0.05) is 24.3 Å². The topological polar surface area (TPSA) is 65.5 Å². The molecular weight excluding hydrogens is 484 g/mol. The fourth-order valence-corrected chi connectivity index (χ4v) is 2.37. The van der Waals surface area contributed by atoms with Gasteiger partial charge in [0.25, 0.3) is 0 Å². The molecule has 0 heterocycles. The standard InChI is InChI=1S/C19H21F3N4O.HI/c1-13(27)26-17-5-3-4-15(10-17)12-25-18(23-2)24-11-14-6-8-16(9-7-14)19(20,21)22;/h3-10H,11-12H2,1-2H3,(H,26,27)(H2,23,24,25);1H. The van der Waals surface area contributed by atoms with Gasteiger partial charge in [-0.25, -0.2) is 0 Å². The quantitative estimate of drug-likeness (QED) is 0.325. The summed E-state index contributed by atoms with van der Waals surface area (Å²) >= 11 is 0. The summed E-state index contributed by atoms with van der Waals surface area (Å²) in [4.78, 5) is 15.2. The predicted octanol–water partition coefficient (Wildman–Crippen LogP) is 4.15. The van der Waals surface area contributed by atoms with Gasteiger partial charge in [-0.05, 0) is 35.4 Å². The SMILES string of the molecule is CN=C(NCc1ccc(C(F)(F)F)cc1)NCc1cccc(NC(C)=O)c1.I. The van der Waals surface area contributed by atoms with Gasteiger partial charge in [0.05, 0.1) is 5.56 Å². The van der Waals surface area contributed by atoms with Gasteiger partial charge in [-0.3, -0.25) is 9.79 Å². The van der Waals surface area contributed by atoms with E-state index in [-0.39, 0.29) is 29.9 Å². The second-order valence-electron chi connectivity index (χ2n) is 5.86. The van der Waals surface area contributed by atoms with Crippen molar-refractivity contribution < 1.29 is 18.0 Å². The monoisotopic (exact) mass is 506 g/mol. The van der Waals surface area contributed by atoms with E-state index in [1.54, 1.807) is 13.1 Å². The normalized spacial score (nSPS) is 11.4. The van der Waals surface area contributed by atoms with Crippen LogP contribution in [0.4, 0.5) is 18.9 Å². The van der Waals surface area contributed by atoms with Crippen LogP contribution in [0.5, 0.6) is 0 Å². The summed E-state index contributed by atoms with van der Waals surface area (Å²) in [7, 11) is 1.61. The Morgan fingerprint density at radius 1 is 1.00 bits per heavy atom. The van der Waals surface area contributed by atoms with Gasteiger partial charge in [-0.2, -0.15) is 13.2 Å². The molecule has 1 amide bonds. The molecule has 9 heteroatoms. The minimum atomic E-state index is -4.34. The van der Waals surface area contributed by atoms with Crippen molar-refractivity contribution in [1.29, 1.82) is 0 Å². The van der Waals surface area contributed by atoms with Crippen molar-refractivity contribution in [3.63, 3.8) is 0 Å². The van der Waals surface area contributed by atoms with E-state index in [1.165, 1.54) is 19.1 Å². The van der Waals surface area contributed by atoms with Crippen molar-refractivity contribution in [3.8, 4) is 0 Å². The minimum Gasteiger partial charge on any atom is -0.352 e. The maximum Gasteiger partial charge on any atom is 0.416 e. The second kappa shape index (κ2) is 10.9. The maximum absolute atomic E-state index is 12.6. The number of nitrogens with zero attached hydrogens (tertiary/aromatic N) is 1. The molecule has 152 valence electrons. The Balaban J connectivity index is 0.00000392. The molecular formula is C19H22F3IN4O. The molecule has 0 radical (unpaired) electrons. The Kier molecular flexibility index (Phi) is 9.23. The molecule has 0 aliphatic carbocycles. The highest BCUT2D eigenvalue weighted by Crippen LogP contribution is 2.29. The van der Waals surface area contributed by atoms with Crippen LogP contribution in [0.15, 0.2) is 53.5 Å². The number of rotatable bonds is 5. The number of halogens is 4. The molecule has 3 N–H and O–H groups in total. The van der Waals surface area contributed by atoms with Crippen molar-refractivity contribution in [2.24, 2.45) is 4.99 Å². The van der Waals surface area contributed by atoms with Crippen LogP contribution in [0.3, 0.4) is 0 Å². The van der Waals surface area contributed by atoms with E-state index in [0.29, 0.717) is 30.3 Å². The lowest BCUT2D eigenvalue weighted by Crippen LogP contribution is -2.36. The highest BCUT2D eigenvalue weighted by Gasteiger charge is 2.29. The number of carbonyl (C=O) groups excluding carboxylic acids is 1. The lowest BCUT2D eigenvalue weighted by Gasteiger charge is -2.13. The van der Waals surface area contributed by atoms with E-state index in [2.05, 4.69) is 20.9 Å². The Bertz CT molecular complexity index is 808. The summed E-state index contributed by atoms with van der Waals surface area (Å²) in [5.74, 6) is 0.369. The summed E-state index contributed by atoms with van der Waals surface area (Å²) in [5.41, 5.74) is 1.68. The van der Waals surface area contributed by atoms with Gasteiger partial charge in [0.2, 0.25) is 5.91 Å². The molecule has 0 spiro atoms. The molecule has 5 nitrogen and oxygen atoms in total. The fourth-order valence-electron chi connectivity index (χ4n) is 2.37. The molecule has 0 aromatic heterocycles. The number of amides is 1. The number of guanidine groups is 1. The first-order valence-corrected chi connectivity index (χ1v) is 8.25. The third-order valence-corrected chi connectivity index (χ3v) is 3.67. The van der Waals surface area contributed by atoms with E-state index in [9.17, 15) is 18.0 Å². The molecule has 2 aromatic rings. The van der Waals surface area contributed by atoms with Crippen LogP contribution >= 0.6 is 24.0 Å². The van der Waals surface area contributed by atoms with Gasteiger partial charge >= 0.3 is 6.18 Å². The first kappa shape index (κ1) is 23.7. The Morgan fingerprint density at radius 2 is 1.61 bits per heavy atom. The second-order valence-corrected chi connectivity index (χ2v) is 5.86. The van der Waals surface area contributed by atoms with Crippen molar-refractivity contribution in [2.75, 3.05) is 12.4 Å². The molecule has 2 rings (SSSR count). The lowest BCUT2D eigenvalue weighted by molar-refractivity contribution is -0.137. The minimum absolute atomic E-state index is 0. The highest BCUT2D eigenvalue weighted by atomic mass is 127. The number of anilines is 1. The summed E-state index contributed by atoms with van der Waals surface area (Å²) in [6, 6.07) is 12.4. The zero-order chi connectivity index (χ0) is 19.9. The van der Waals surface area contributed by atoms with Gasteiger partial charge in [0.1, 0.15) is 0 Å². The van der Waals surface area contributed by atoms with Crippen LogP contribution in [-0.2, 0) is 24.1 Å². The number of benzene rings is 2. The Hall–Kier alpha value is -2.30. The Labute approximate surface area is 178 Å². The predicted molar refractivity (Wildman–Crippen MR) is 115 cm³/mol. The van der Waals surface area contributed by atoms with Gasteiger partial charge < -0.3 is 16.0 Å². The van der Waals surface area contributed by atoms with Gasteiger partial charge in [-0.15, -0.1) is 24.0 Å². The van der Waals surface area contributed by atoms with E-state index < -0.39 is 11.7 Å². The average molecular weight is 506 g/mol. The summed E-state index contributed by atoms with van der Waals surface area (Å²) in [6.07, 6.45) is -4.34. The molecule has 0 atom stereocenters.